The molecule has 0 aromatic heterocycles. The molecule has 0 atom stereocenters. The number of unbranched alkanes of at least 4 members (excludes halogenated alkanes) is 4. The number of allylic oxidation sites excluding steroid dienone is 2. The molecule has 0 heterocycles. The monoisotopic (exact) mass is 686 g/mol. The molecule has 0 radical (unpaired) electrons. The molecule has 2 aromatic rings. The van der Waals surface area contributed by atoms with Crippen molar-refractivity contribution in [2.75, 3.05) is 6.61 Å². The first-order chi connectivity index (χ1) is 23.8. The largest absolute Gasteiger partial charge is 0.494 e. The quantitative estimate of drug-likeness (QED) is 0.0534. The van der Waals surface area contributed by atoms with Gasteiger partial charge in [0.05, 0.1) is 12.2 Å². The fourth-order valence-electron chi connectivity index (χ4n) is 7.15. The molecule has 0 spiro atoms. The Balaban J connectivity index is 1.25. The van der Waals surface area contributed by atoms with Crippen LogP contribution in [0.3, 0.4) is 0 Å². The predicted molar refractivity (Wildman–Crippen MR) is 207 cm³/mol. The van der Waals surface area contributed by atoms with Crippen LogP contribution in [0, 0.1) is 11.3 Å². The van der Waals surface area contributed by atoms with Crippen molar-refractivity contribution < 1.29 is 23.8 Å². The van der Waals surface area contributed by atoms with Crippen LogP contribution < -0.4 is 9.47 Å². The molecule has 5 nitrogen and oxygen atoms in total. The maximum Gasteiger partial charge on any atom is 0.343 e. The molecule has 0 saturated heterocycles. The number of hydrogen-bond acceptors (Lipinski definition) is 5. The molecule has 0 bridgehead atoms. The van der Waals surface area contributed by atoms with Crippen molar-refractivity contribution in [3.63, 3.8) is 0 Å². The summed E-state index contributed by atoms with van der Waals surface area (Å²) in [6.07, 6.45) is 17.0. The van der Waals surface area contributed by atoms with Crippen molar-refractivity contribution in [2.45, 2.75) is 156 Å². The molecular weight excluding hydrogens is 620 g/mol. The molecule has 3 rings (SSSR count). The van der Waals surface area contributed by atoms with Crippen LogP contribution in [0.1, 0.15) is 166 Å². The second kappa shape index (κ2) is 20.5. The molecule has 0 amide bonds. The zero-order valence-electron chi connectivity index (χ0n) is 32.2. The topological polar surface area (TPSA) is 61.8 Å². The van der Waals surface area contributed by atoms with E-state index in [9.17, 15) is 9.59 Å². The van der Waals surface area contributed by atoms with E-state index in [1.54, 1.807) is 12.1 Å². The first-order valence-corrected chi connectivity index (χ1v) is 19.4. The van der Waals surface area contributed by atoms with Gasteiger partial charge in [-0.2, -0.15) is 0 Å². The lowest BCUT2D eigenvalue weighted by molar-refractivity contribution is -0.157. The molecule has 1 fully saturated rings. The second-order valence-electron chi connectivity index (χ2n) is 16.2. The Hall–Kier alpha value is -3.34. The predicted octanol–water partition coefficient (Wildman–Crippen LogP) is 12.7. The van der Waals surface area contributed by atoms with Crippen LogP contribution in [0.5, 0.6) is 11.5 Å². The maximum absolute atomic E-state index is 12.7. The number of benzene rings is 2. The van der Waals surface area contributed by atoms with Gasteiger partial charge in [-0.25, -0.2) is 4.79 Å². The van der Waals surface area contributed by atoms with Gasteiger partial charge >= 0.3 is 11.9 Å². The number of rotatable bonds is 22. The highest BCUT2D eigenvalue weighted by Gasteiger charge is 2.24. The van der Waals surface area contributed by atoms with Gasteiger partial charge in [0, 0.05) is 6.42 Å². The third-order valence-electron chi connectivity index (χ3n) is 10.3. The summed E-state index contributed by atoms with van der Waals surface area (Å²) in [4.78, 5) is 25.2. The van der Waals surface area contributed by atoms with Crippen LogP contribution >= 0.6 is 0 Å². The third kappa shape index (κ3) is 15.3. The molecule has 0 N–H and O–H groups in total. The minimum atomic E-state index is -0.453. The minimum Gasteiger partial charge on any atom is -0.494 e. The van der Waals surface area contributed by atoms with Crippen molar-refractivity contribution in [3.05, 3.63) is 84.0 Å². The van der Waals surface area contributed by atoms with E-state index in [1.165, 1.54) is 44.1 Å². The number of carbonyl (C=O) groups is 2. The highest BCUT2D eigenvalue weighted by atomic mass is 16.6. The van der Waals surface area contributed by atoms with E-state index in [0.717, 1.165) is 80.6 Å². The van der Waals surface area contributed by atoms with Crippen LogP contribution in [-0.4, -0.2) is 24.1 Å². The molecule has 0 aliphatic heterocycles. The summed E-state index contributed by atoms with van der Waals surface area (Å²) >= 11 is 0. The van der Waals surface area contributed by atoms with Crippen LogP contribution in [-0.2, 0) is 9.53 Å². The second-order valence-corrected chi connectivity index (χ2v) is 16.2. The van der Waals surface area contributed by atoms with Gasteiger partial charge < -0.3 is 14.2 Å². The molecule has 1 aliphatic rings. The van der Waals surface area contributed by atoms with Crippen LogP contribution in [0.25, 0.3) is 0 Å². The highest BCUT2D eigenvalue weighted by molar-refractivity contribution is 5.91. The van der Waals surface area contributed by atoms with Gasteiger partial charge in [-0.15, -0.1) is 0 Å². The number of esters is 2. The average molecular weight is 687 g/mol. The Labute approximate surface area is 304 Å². The van der Waals surface area contributed by atoms with Gasteiger partial charge in [0.15, 0.2) is 0 Å². The van der Waals surface area contributed by atoms with Crippen molar-refractivity contribution >= 4 is 11.9 Å². The average Bonchev–Trinajstić information content (AvgIpc) is 3.07. The van der Waals surface area contributed by atoms with E-state index in [0.29, 0.717) is 30.3 Å². The Kier molecular flexibility index (Phi) is 16.8. The van der Waals surface area contributed by atoms with E-state index >= 15 is 0 Å². The van der Waals surface area contributed by atoms with Gasteiger partial charge in [0.1, 0.15) is 17.1 Å². The Morgan fingerprint density at radius 1 is 0.780 bits per heavy atom. The summed E-state index contributed by atoms with van der Waals surface area (Å²) in [5, 5.41) is 0. The van der Waals surface area contributed by atoms with Gasteiger partial charge in [-0.1, -0.05) is 89.3 Å². The van der Waals surface area contributed by atoms with Crippen molar-refractivity contribution in [1.82, 2.24) is 0 Å². The number of ether oxygens (including phenoxy) is 3. The van der Waals surface area contributed by atoms with Crippen LogP contribution in [0.4, 0.5) is 0 Å². The molecule has 50 heavy (non-hydrogen) atoms. The highest BCUT2D eigenvalue weighted by Crippen LogP contribution is 2.38. The van der Waals surface area contributed by atoms with Gasteiger partial charge in [-0.05, 0) is 144 Å². The van der Waals surface area contributed by atoms with E-state index < -0.39 is 5.60 Å². The SMILES string of the molecule is C=C(C)C(=C)CC(C)(C)CCCCC(=O)OC(C)(C)CCCCCCOc1ccc(C(=O)Oc2ccc(C3CCC(CCC)CC3)cc2)cc1. The summed E-state index contributed by atoms with van der Waals surface area (Å²) in [5.74, 6) is 2.37. The third-order valence-corrected chi connectivity index (χ3v) is 10.3. The summed E-state index contributed by atoms with van der Waals surface area (Å²) in [6.45, 7) is 21.6. The number of carbonyl (C=O) groups excluding carboxylic acids is 2. The van der Waals surface area contributed by atoms with Crippen LogP contribution in [0.15, 0.2) is 72.8 Å². The summed E-state index contributed by atoms with van der Waals surface area (Å²) < 4.78 is 17.4. The lowest BCUT2D eigenvalue weighted by Crippen LogP contribution is -2.28. The maximum atomic E-state index is 12.7. The minimum absolute atomic E-state index is 0.101. The molecule has 2 aromatic carbocycles. The van der Waals surface area contributed by atoms with E-state index in [1.807, 2.05) is 45.0 Å². The zero-order chi connectivity index (χ0) is 36.6. The molecule has 5 heteroatoms. The fraction of sp³-hybridized carbons (Fsp3) is 0.600. The van der Waals surface area contributed by atoms with E-state index in [2.05, 4.69) is 46.1 Å². The van der Waals surface area contributed by atoms with Gasteiger partial charge in [0.25, 0.3) is 0 Å². The molecule has 1 aliphatic carbocycles. The molecule has 0 unspecified atom stereocenters. The Bertz CT molecular complexity index is 1340. The van der Waals surface area contributed by atoms with Crippen LogP contribution in [0.2, 0.25) is 0 Å². The summed E-state index contributed by atoms with van der Waals surface area (Å²) in [6, 6.07) is 15.3. The van der Waals surface area contributed by atoms with Gasteiger partial charge in [-0.3, -0.25) is 4.79 Å². The standard InChI is InChI=1S/C45H66O5/c1-9-16-36-18-20-37(21-19-36)38-22-28-41(29-23-38)49-43(47)39-24-26-40(27-25-39)48-32-15-11-10-13-31-45(7,8)50-42(46)17-12-14-30-44(5,6)33-35(4)34(2)3/h22-29,36-37H,2,4,9-21,30-33H2,1,3,5-8H3. The zero-order valence-corrected chi connectivity index (χ0v) is 32.2. The normalized spacial score (nSPS) is 16.4. The fourth-order valence-corrected chi connectivity index (χ4v) is 7.15. The molecule has 276 valence electrons. The summed E-state index contributed by atoms with van der Waals surface area (Å²) in [5.41, 5.74) is 3.72. The first-order valence-electron chi connectivity index (χ1n) is 19.4. The number of hydrogen-bond donors (Lipinski definition) is 0. The lowest BCUT2D eigenvalue weighted by atomic mass is 9.77. The van der Waals surface area contributed by atoms with Crippen molar-refractivity contribution in [3.8, 4) is 11.5 Å². The Morgan fingerprint density at radius 3 is 2.04 bits per heavy atom. The smallest absolute Gasteiger partial charge is 0.343 e. The van der Waals surface area contributed by atoms with E-state index in [-0.39, 0.29) is 17.4 Å². The van der Waals surface area contributed by atoms with Crippen molar-refractivity contribution in [1.29, 1.82) is 0 Å². The molecular formula is C45H66O5. The van der Waals surface area contributed by atoms with Gasteiger partial charge in [0.2, 0.25) is 0 Å². The lowest BCUT2D eigenvalue weighted by Gasteiger charge is -2.28. The first kappa shape index (κ1) is 41.1. The van der Waals surface area contributed by atoms with E-state index in [4.69, 9.17) is 14.2 Å². The Morgan fingerprint density at radius 2 is 1.40 bits per heavy atom. The molecule has 1 saturated carbocycles. The van der Waals surface area contributed by atoms with Crippen molar-refractivity contribution in [2.24, 2.45) is 11.3 Å². The summed E-state index contributed by atoms with van der Waals surface area (Å²) in [7, 11) is 0.